The van der Waals surface area contributed by atoms with Crippen molar-refractivity contribution in [3.63, 3.8) is 0 Å². The fourth-order valence-corrected chi connectivity index (χ4v) is 2.84. The molecule has 2 aromatic rings. The molecule has 0 bridgehead atoms. The molecular formula is C21H23BrN2O3. The Hall–Kier alpha value is -2.60. The number of methoxy groups -OCH3 is 1. The summed E-state index contributed by atoms with van der Waals surface area (Å²) in [6.45, 7) is 4.91. The van der Waals surface area contributed by atoms with Gasteiger partial charge in [0.2, 0.25) is 0 Å². The molecule has 2 aromatic carbocycles. The predicted molar refractivity (Wildman–Crippen MR) is 111 cm³/mol. The lowest BCUT2D eigenvalue weighted by atomic mass is 10.1. The molecule has 2 rings (SSSR count). The third-order valence-corrected chi connectivity index (χ3v) is 4.59. The molecule has 0 saturated carbocycles. The largest absolute Gasteiger partial charge is 0.496 e. The lowest BCUT2D eigenvalue weighted by Gasteiger charge is -2.21. The van der Waals surface area contributed by atoms with Crippen molar-refractivity contribution in [1.29, 1.82) is 0 Å². The van der Waals surface area contributed by atoms with E-state index in [0.717, 1.165) is 10.0 Å². The number of nitrogens with one attached hydrogen (secondary N) is 1. The highest BCUT2D eigenvalue weighted by molar-refractivity contribution is 9.10. The minimum Gasteiger partial charge on any atom is -0.496 e. The second kappa shape index (κ2) is 9.92. The van der Waals surface area contributed by atoms with Crippen molar-refractivity contribution in [2.75, 3.05) is 20.2 Å². The number of rotatable bonds is 7. The van der Waals surface area contributed by atoms with Crippen molar-refractivity contribution in [1.82, 2.24) is 10.2 Å². The topological polar surface area (TPSA) is 58.6 Å². The Balaban J connectivity index is 2.38. The summed E-state index contributed by atoms with van der Waals surface area (Å²) in [7, 11) is 1.51. The average molecular weight is 431 g/mol. The second-order valence-electron chi connectivity index (χ2n) is 5.74. The van der Waals surface area contributed by atoms with Gasteiger partial charge in [0, 0.05) is 17.6 Å². The Morgan fingerprint density at radius 2 is 1.70 bits per heavy atom. The second-order valence-corrected chi connectivity index (χ2v) is 6.66. The van der Waals surface area contributed by atoms with Crippen molar-refractivity contribution >= 4 is 33.8 Å². The molecule has 0 aliphatic heterocycles. The van der Waals surface area contributed by atoms with E-state index >= 15 is 0 Å². The van der Waals surface area contributed by atoms with Crippen molar-refractivity contribution in [2.24, 2.45) is 0 Å². The van der Waals surface area contributed by atoms with Crippen LogP contribution in [0.15, 0.2) is 58.7 Å². The molecule has 0 atom stereocenters. The summed E-state index contributed by atoms with van der Waals surface area (Å²) in [5.41, 5.74) is 1.40. The van der Waals surface area contributed by atoms with Crippen LogP contribution in [-0.4, -0.2) is 36.9 Å². The highest BCUT2D eigenvalue weighted by Gasteiger charge is 2.20. The summed E-state index contributed by atoms with van der Waals surface area (Å²) in [6, 6.07) is 14.4. The van der Waals surface area contributed by atoms with Gasteiger partial charge in [-0.25, -0.2) is 0 Å². The average Bonchev–Trinajstić information content (AvgIpc) is 2.69. The number of benzene rings is 2. The summed E-state index contributed by atoms with van der Waals surface area (Å²) in [5.74, 6) is -0.171. The summed E-state index contributed by atoms with van der Waals surface area (Å²) in [6.07, 6.45) is 1.68. The number of hydrogen-bond acceptors (Lipinski definition) is 3. The standard InChI is InChI=1S/C21H23BrN2O3/c1-4-24(5-2)21(26)18(14-15-10-12-16(22)13-11-15)23-20(25)17-8-6-7-9-19(17)27-3/h6-14H,4-5H2,1-3H3,(H,23,25)/b18-14+. The highest BCUT2D eigenvalue weighted by atomic mass is 79.9. The fraction of sp³-hybridized carbons (Fsp3) is 0.238. The normalized spacial score (nSPS) is 11.0. The number of carbonyl (C=O) groups excluding carboxylic acids is 2. The van der Waals surface area contributed by atoms with Crippen LogP contribution < -0.4 is 10.1 Å². The first-order valence-corrected chi connectivity index (χ1v) is 9.50. The quantitative estimate of drug-likeness (QED) is 0.672. The summed E-state index contributed by atoms with van der Waals surface area (Å²) < 4.78 is 6.19. The van der Waals surface area contributed by atoms with Gasteiger partial charge >= 0.3 is 0 Å². The van der Waals surface area contributed by atoms with Gasteiger partial charge in [0.1, 0.15) is 11.4 Å². The number of halogens is 1. The van der Waals surface area contributed by atoms with Crippen LogP contribution in [0.5, 0.6) is 5.75 Å². The third kappa shape index (κ3) is 5.44. The van der Waals surface area contributed by atoms with Crippen molar-refractivity contribution < 1.29 is 14.3 Å². The molecule has 0 aliphatic rings. The van der Waals surface area contributed by atoms with Gasteiger partial charge in [0.05, 0.1) is 12.7 Å². The monoisotopic (exact) mass is 430 g/mol. The van der Waals surface area contributed by atoms with Crippen molar-refractivity contribution in [3.8, 4) is 5.75 Å². The van der Waals surface area contributed by atoms with Crippen LogP contribution in [0, 0.1) is 0 Å². The minimum atomic E-state index is -0.392. The maximum absolute atomic E-state index is 12.9. The molecule has 0 fully saturated rings. The van der Waals surface area contributed by atoms with Gasteiger partial charge < -0.3 is 15.0 Å². The van der Waals surface area contributed by atoms with Crippen LogP contribution in [0.4, 0.5) is 0 Å². The summed E-state index contributed by atoms with van der Waals surface area (Å²) in [5, 5.41) is 2.76. The number of nitrogens with zero attached hydrogens (tertiary/aromatic N) is 1. The van der Waals surface area contributed by atoms with E-state index in [4.69, 9.17) is 4.74 Å². The van der Waals surface area contributed by atoms with Crippen LogP contribution in [0.25, 0.3) is 6.08 Å². The molecule has 0 aromatic heterocycles. The molecule has 0 saturated heterocycles. The third-order valence-electron chi connectivity index (χ3n) is 4.06. The van der Waals surface area contributed by atoms with E-state index in [0.29, 0.717) is 24.4 Å². The summed E-state index contributed by atoms with van der Waals surface area (Å²) >= 11 is 3.39. The first-order valence-electron chi connectivity index (χ1n) is 8.71. The number of hydrogen-bond donors (Lipinski definition) is 1. The van der Waals surface area contributed by atoms with Crippen molar-refractivity contribution in [3.05, 3.63) is 69.8 Å². The number of likely N-dealkylation sites (N-methyl/N-ethyl adjacent to an activating group) is 1. The molecule has 0 aliphatic carbocycles. The smallest absolute Gasteiger partial charge is 0.270 e. The van der Waals surface area contributed by atoms with Gasteiger partial charge in [0.25, 0.3) is 11.8 Å². The molecule has 1 N–H and O–H groups in total. The molecule has 6 heteroatoms. The zero-order valence-electron chi connectivity index (χ0n) is 15.7. The SMILES string of the molecule is CCN(CC)C(=O)/C(=C\c1ccc(Br)cc1)NC(=O)c1ccccc1OC. The first kappa shape index (κ1) is 20.7. The van der Waals surface area contributed by atoms with E-state index in [2.05, 4.69) is 21.2 Å². The number of amides is 2. The highest BCUT2D eigenvalue weighted by Crippen LogP contribution is 2.18. The lowest BCUT2D eigenvalue weighted by Crippen LogP contribution is -2.38. The van der Waals surface area contributed by atoms with Gasteiger partial charge in [0.15, 0.2) is 0 Å². The van der Waals surface area contributed by atoms with Gasteiger partial charge in [-0.2, -0.15) is 0 Å². The zero-order chi connectivity index (χ0) is 19.8. The van der Waals surface area contributed by atoms with E-state index in [1.807, 2.05) is 38.1 Å². The Bertz CT molecular complexity index is 828. The number of para-hydroxylation sites is 1. The Kier molecular flexibility index (Phi) is 7.61. The molecule has 0 unspecified atom stereocenters. The molecule has 27 heavy (non-hydrogen) atoms. The van der Waals surface area contributed by atoms with Gasteiger partial charge in [-0.3, -0.25) is 9.59 Å². The van der Waals surface area contributed by atoms with E-state index < -0.39 is 5.91 Å². The van der Waals surface area contributed by atoms with Crippen LogP contribution in [0.1, 0.15) is 29.8 Å². The minimum absolute atomic E-state index is 0.219. The van der Waals surface area contributed by atoms with Crippen LogP contribution in [0.3, 0.4) is 0 Å². The molecule has 0 heterocycles. The van der Waals surface area contributed by atoms with E-state index in [-0.39, 0.29) is 11.6 Å². The maximum Gasteiger partial charge on any atom is 0.270 e. The van der Waals surface area contributed by atoms with Gasteiger partial charge in [-0.05, 0) is 49.8 Å². The van der Waals surface area contributed by atoms with Gasteiger partial charge in [-0.1, -0.05) is 40.2 Å². The van der Waals surface area contributed by atoms with Crippen LogP contribution in [0.2, 0.25) is 0 Å². The molecule has 5 nitrogen and oxygen atoms in total. The van der Waals surface area contributed by atoms with Crippen LogP contribution in [-0.2, 0) is 4.79 Å². The zero-order valence-corrected chi connectivity index (χ0v) is 17.2. The van der Waals surface area contributed by atoms with Gasteiger partial charge in [-0.15, -0.1) is 0 Å². The molecule has 0 radical (unpaired) electrons. The van der Waals surface area contributed by atoms with E-state index in [9.17, 15) is 9.59 Å². The van der Waals surface area contributed by atoms with E-state index in [1.165, 1.54) is 7.11 Å². The maximum atomic E-state index is 12.9. The Morgan fingerprint density at radius 3 is 2.30 bits per heavy atom. The molecule has 142 valence electrons. The van der Waals surface area contributed by atoms with Crippen molar-refractivity contribution in [2.45, 2.75) is 13.8 Å². The first-order chi connectivity index (χ1) is 13.0. The molecule has 2 amide bonds. The Morgan fingerprint density at radius 1 is 1.07 bits per heavy atom. The molecular weight excluding hydrogens is 408 g/mol. The fourth-order valence-electron chi connectivity index (χ4n) is 2.58. The number of ether oxygens (including phenoxy) is 1. The van der Waals surface area contributed by atoms with Crippen LogP contribution >= 0.6 is 15.9 Å². The molecule has 0 spiro atoms. The Labute approximate surface area is 168 Å². The number of carbonyl (C=O) groups is 2. The summed E-state index contributed by atoms with van der Waals surface area (Å²) in [4.78, 5) is 27.3. The van der Waals surface area contributed by atoms with E-state index in [1.54, 1.807) is 35.2 Å². The lowest BCUT2D eigenvalue weighted by molar-refractivity contribution is -0.127. The predicted octanol–water partition coefficient (Wildman–Crippen LogP) is 4.10.